The molecule has 2 aromatic heterocycles. The van der Waals surface area contributed by atoms with Crippen LogP contribution in [0.3, 0.4) is 0 Å². The zero-order valence-corrected chi connectivity index (χ0v) is 16.3. The molecule has 0 bridgehead atoms. The van der Waals surface area contributed by atoms with Crippen LogP contribution in [0.5, 0.6) is 5.75 Å². The minimum atomic E-state index is -0.682. The number of ether oxygens (including phenoxy) is 2. The van der Waals surface area contributed by atoms with Crippen LogP contribution in [-0.4, -0.2) is 40.2 Å². The maximum absolute atomic E-state index is 13.8. The predicted molar refractivity (Wildman–Crippen MR) is 103 cm³/mol. The summed E-state index contributed by atoms with van der Waals surface area (Å²) >= 11 is 0. The number of Topliss-reactive ketones (excluding diaryl/α,β-unsaturated/α-hetero) is 1. The summed E-state index contributed by atoms with van der Waals surface area (Å²) in [7, 11) is 1.33. The molecule has 1 aromatic carbocycles. The molecular weight excluding hydrogens is 377 g/mol. The van der Waals surface area contributed by atoms with E-state index < -0.39 is 24.2 Å². The Hall–Kier alpha value is -3.55. The van der Waals surface area contributed by atoms with Gasteiger partial charge in [-0.25, -0.2) is 18.9 Å². The van der Waals surface area contributed by atoms with Crippen molar-refractivity contribution in [3.8, 4) is 11.6 Å². The van der Waals surface area contributed by atoms with Gasteiger partial charge in [0.15, 0.2) is 29.8 Å². The molecule has 150 valence electrons. The maximum Gasteiger partial charge on any atom is 0.342 e. The van der Waals surface area contributed by atoms with Crippen LogP contribution < -0.4 is 4.74 Å². The molecule has 29 heavy (non-hydrogen) atoms. The molecule has 0 radical (unpaired) electrons. The number of ketones is 1. The van der Waals surface area contributed by atoms with Gasteiger partial charge in [-0.3, -0.25) is 4.79 Å². The third-order valence-electron chi connectivity index (χ3n) is 4.25. The van der Waals surface area contributed by atoms with Gasteiger partial charge in [-0.15, -0.1) is 0 Å². The van der Waals surface area contributed by atoms with E-state index >= 15 is 0 Å². The smallest absolute Gasteiger partial charge is 0.342 e. The number of esters is 1. The fourth-order valence-corrected chi connectivity index (χ4v) is 2.86. The van der Waals surface area contributed by atoms with Crippen molar-refractivity contribution in [2.75, 3.05) is 13.7 Å². The van der Waals surface area contributed by atoms with Gasteiger partial charge < -0.3 is 9.47 Å². The van der Waals surface area contributed by atoms with Crippen LogP contribution in [0, 0.1) is 5.82 Å². The lowest BCUT2D eigenvalue weighted by atomic mass is 10.1. The van der Waals surface area contributed by atoms with Crippen molar-refractivity contribution in [1.29, 1.82) is 0 Å². The summed E-state index contributed by atoms with van der Waals surface area (Å²) in [6.45, 7) is 3.31. The molecule has 3 rings (SSSR count). The average Bonchev–Trinajstić information content (AvgIpc) is 3.18. The van der Waals surface area contributed by atoms with Crippen LogP contribution in [-0.2, 0) is 4.74 Å². The molecule has 8 heteroatoms. The molecule has 0 aliphatic rings. The second-order valence-electron chi connectivity index (χ2n) is 6.55. The molecule has 0 aliphatic heterocycles. The van der Waals surface area contributed by atoms with Gasteiger partial charge in [-0.05, 0) is 36.2 Å². The number of carbonyl (C=O) groups excluding carboxylic acids is 2. The number of rotatable bonds is 7. The Morgan fingerprint density at radius 1 is 1.21 bits per heavy atom. The highest BCUT2D eigenvalue weighted by molar-refractivity contribution is 5.99. The van der Waals surface area contributed by atoms with Gasteiger partial charge in [-0.2, -0.15) is 5.10 Å². The van der Waals surface area contributed by atoms with Crippen molar-refractivity contribution >= 4 is 11.8 Å². The van der Waals surface area contributed by atoms with E-state index in [9.17, 15) is 14.0 Å². The number of carbonyl (C=O) groups is 2. The van der Waals surface area contributed by atoms with E-state index in [0.29, 0.717) is 11.5 Å². The third kappa shape index (κ3) is 4.31. The predicted octanol–water partition coefficient (Wildman–Crippen LogP) is 3.58. The third-order valence-corrected chi connectivity index (χ3v) is 4.25. The summed E-state index contributed by atoms with van der Waals surface area (Å²) in [5.41, 5.74) is 0.959. The first-order valence-corrected chi connectivity index (χ1v) is 8.95. The molecule has 0 fully saturated rings. The lowest BCUT2D eigenvalue weighted by Crippen LogP contribution is -2.16. The Morgan fingerprint density at radius 2 is 2.00 bits per heavy atom. The molecule has 0 saturated carbocycles. The molecule has 0 saturated heterocycles. The van der Waals surface area contributed by atoms with Gasteiger partial charge in [0.2, 0.25) is 0 Å². The van der Waals surface area contributed by atoms with E-state index in [1.165, 1.54) is 25.4 Å². The number of hydrogen-bond donors (Lipinski definition) is 0. The zero-order valence-electron chi connectivity index (χ0n) is 16.3. The number of pyridine rings is 1. The first-order chi connectivity index (χ1) is 13.9. The van der Waals surface area contributed by atoms with E-state index in [2.05, 4.69) is 10.1 Å². The highest BCUT2D eigenvalue weighted by Crippen LogP contribution is 2.23. The SMILES string of the molecule is COc1ccc(C(=O)COC(=O)c2cnn(-c3ccccn3)c2C(C)C)cc1F. The Morgan fingerprint density at radius 3 is 2.62 bits per heavy atom. The minimum Gasteiger partial charge on any atom is -0.494 e. The second-order valence-corrected chi connectivity index (χ2v) is 6.55. The number of halogens is 1. The topological polar surface area (TPSA) is 83.3 Å². The molecule has 0 N–H and O–H groups in total. The molecule has 3 aromatic rings. The zero-order chi connectivity index (χ0) is 21.0. The van der Waals surface area contributed by atoms with E-state index in [-0.39, 0.29) is 22.8 Å². The highest BCUT2D eigenvalue weighted by atomic mass is 19.1. The Balaban J connectivity index is 1.77. The van der Waals surface area contributed by atoms with E-state index in [4.69, 9.17) is 9.47 Å². The average molecular weight is 397 g/mol. The molecule has 0 aliphatic carbocycles. The highest BCUT2D eigenvalue weighted by Gasteiger charge is 2.23. The van der Waals surface area contributed by atoms with Gasteiger partial charge in [0.1, 0.15) is 5.56 Å². The lowest BCUT2D eigenvalue weighted by Gasteiger charge is -2.12. The summed E-state index contributed by atoms with van der Waals surface area (Å²) in [5.74, 6) is -1.32. The van der Waals surface area contributed by atoms with Crippen molar-refractivity contribution in [2.45, 2.75) is 19.8 Å². The van der Waals surface area contributed by atoms with Crippen LogP contribution >= 0.6 is 0 Å². The Labute approximate surface area is 167 Å². The van der Waals surface area contributed by atoms with Gasteiger partial charge in [0.25, 0.3) is 0 Å². The standard InChI is InChI=1S/C21H20FN3O4/c1-13(2)20-15(11-24-25(20)19-6-4-5-9-23-19)21(27)29-12-17(26)14-7-8-18(28-3)16(22)10-14/h4-11,13H,12H2,1-3H3. The van der Waals surface area contributed by atoms with Gasteiger partial charge in [0.05, 0.1) is 19.0 Å². The quantitative estimate of drug-likeness (QED) is 0.448. The van der Waals surface area contributed by atoms with Crippen LogP contribution in [0.25, 0.3) is 5.82 Å². The van der Waals surface area contributed by atoms with Crippen molar-refractivity contribution in [3.63, 3.8) is 0 Å². The van der Waals surface area contributed by atoms with Crippen molar-refractivity contribution in [3.05, 3.63) is 71.4 Å². The summed E-state index contributed by atoms with van der Waals surface area (Å²) in [6.07, 6.45) is 3.02. The molecule has 0 spiro atoms. The lowest BCUT2D eigenvalue weighted by molar-refractivity contribution is 0.0473. The number of benzene rings is 1. The van der Waals surface area contributed by atoms with Crippen LogP contribution in [0.2, 0.25) is 0 Å². The first-order valence-electron chi connectivity index (χ1n) is 8.95. The van der Waals surface area contributed by atoms with Crippen LogP contribution in [0.4, 0.5) is 4.39 Å². The minimum absolute atomic E-state index is 0.0297. The fourth-order valence-electron chi connectivity index (χ4n) is 2.86. The normalized spacial score (nSPS) is 10.8. The van der Waals surface area contributed by atoms with Crippen LogP contribution in [0.1, 0.15) is 46.2 Å². The number of methoxy groups -OCH3 is 1. The second kappa shape index (κ2) is 8.64. The molecular formula is C21H20FN3O4. The summed E-state index contributed by atoms with van der Waals surface area (Å²) in [5, 5.41) is 4.25. The van der Waals surface area contributed by atoms with Crippen molar-refractivity contribution < 1.29 is 23.5 Å². The Bertz CT molecular complexity index is 1030. The molecule has 0 amide bonds. The van der Waals surface area contributed by atoms with Crippen molar-refractivity contribution in [1.82, 2.24) is 14.8 Å². The molecule has 7 nitrogen and oxygen atoms in total. The number of hydrogen-bond acceptors (Lipinski definition) is 6. The molecule has 0 atom stereocenters. The van der Waals surface area contributed by atoms with E-state index in [1.54, 1.807) is 23.0 Å². The first kappa shape index (κ1) is 20.2. The number of aromatic nitrogens is 3. The largest absolute Gasteiger partial charge is 0.494 e. The Kier molecular flexibility index (Phi) is 6.01. The van der Waals surface area contributed by atoms with Gasteiger partial charge >= 0.3 is 5.97 Å². The summed E-state index contributed by atoms with van der Waals surface area (Å²) < 4.78 is 25.3. The summed E-state index contributed by atoms with van der Waals surface area (Å²) in [4.78, 5) is 29.1. The van der Waals surface area contributed by atoms with Gasteiger partial charge in [-0.1, -0.05) is 19.9 Å². The fraction of sp³-hybridized carbons (Fsp3) is 0.238. The maximum atomic E-state index is 13.8. The monoisotopic (exact) mass is 397 g/mol. The van der Waals surface area contributed by atoms with Gasteiger partial charge in [0, 0.05) is 11.8 Å². The summed E-state index contributed by atoms with van der Waals surface area (Å²) in [6, 6.07) is 9.18. The number of nitrogens with zero attached hydrogens (tertiary/aromatic N) is 3. The molecule has 0 unspecified atom stereocenters. The molecule has 2 heterocycles. The van der Waals surface area contributed by atoms with E-state index in [0.717, 1.165) is 6.07 Å². The van der Waals surface area contributed by atoms with E-state index in [1.807, 2.05) is 19.9 Å². The van der Waals surface area contributed by atoms with Crippen LogP contribution in [0.15, 0.2) is 48.8 Å². The van der Waals surface area contributed by atoms with Crippen molar-refractivity contribution in [2.24, 2.45) is 0 Å².